The van der Waals surface area contributed by atoms with Crippen LogP contribution >= 0.6 is 0 Å². The minimum atomic E-state index is -0.356. The summed E-state index contributed by atoms with van der Waals surface area (Å²) in [6.45, 7) is 4.56. The SMILES string of the molecule is Cn1c(=O)oc2ccc(CNC(C)(C)CO)cc21. The molecule has 0 fully saturated rings. The summed E-state index contributed by atoms with van der Waals surface area (Å²) in [6.07, 6.45) is 0. The predicted molar refractivity (Wildman–Crippen MR) is 69.5 cm³/mol. The number of aryl methyl sites for hydroxylation is 1. The van der Waals surface area contributed by atoms with Gasteiger partial charge in [0, 0.05) is 19.1 Å². The van der Waals surface area contributed by atoms with E-state index in [4.69, 9.17) is 9.52 Å². The Hall–Kier alpha value is -1.59. The quantitative estimate of drug-likeness (QED) is 0.849. The van der Waals surface area contributed by atoms with Crippen molar-refractivity contribution in [1.29, 1.82) is 0 Å². The molecule has 18 heavy (non-hydrogen) atoms. The molecule has 0 aliphatic heterocycles. The van der Waals surface area contributed by atoms with E-state index in [1.807, 2.05) is 26.0 Å². The van der Waals surface area contributed by atoms with Crippen LogP contribution in [0.2, 0.25) is 0 Å². The van der Waals surface area contributed by atoms with Crippen molar-refractivity contribution >= 4 is 11.1 Å². The Morgan fingerprint density at radius 1 is 1.44 bits per heavy atom. The minimum absolute atomic E-state index is 0.0689. The maximum Gasteiger partial charge on any atom is 0.419 e. The van der Waals surface area contributed by atoms with Crippen LogP contribution in [0.4, 0.5) is 0 Å². The van der Waals surface area contributed by atoms with Crippen LogP contribution in [0.25, 0.3) is 11.1 Å². The molecule has 0 bridgehead atoms. The fourth-order valence-corrected chi connectivity index (χ4v) is 1.68. The van der Waals surface area contributed by atoms with Crippen molar-refractivity contribution < 1.29 is 9.52 Å². The Labute approximate surface area is 105 Å². The summed E-state index contributed by atoms with van der Waals surface area (Å²) in [5.74, 6) is -0.356. The summed E-state index contributed by atoms with van der Waals surface area (Å²) in [5.41, 5.74) is 2.09. The summed E-state index contributed by atoms with van der Waals surface area (Å²) in [4.78, 5) is 11.4. The van der Waals surface area contributed by atoms with Crippen LogP contribution < -0.4 is 11.1 Å². The van der Waals surface area contributed by atoms with E-state index in [-0.39, 0.29) is 17.9 Å². The van der Waals surface area contributed by atoms with Gasteiger partial charge in [0.2, 0.25) is 0 Å². The van der Waals surface area contributed by atoms with Crippen molar-refractivity contribution in [2.45, 2.75) is 25.9 Å². The lowest BCUT2D eigenvalue weighted by atomic mass is 10.1. The maximum atomic E-state index is 11.4. The lowest BCUT2D eigenvalue weighted by molar-refractivity contribution is 0.187. The number of hydrogen-bond acceptors (Lipinski definition) is 4. The van der Waals surface area contributed by atoms with E-state index in [1.54, 1.807) is 13.1 Å². The fourth-order valence-electron chi connectivity index (χ4n) is 1.68. The predicted octanol–water partition coefficient (Wildman–Crippen LogP) is 0.992. The lowest BCUT2D eigenvalue weighted by Gasteiger charge is -2.23. The van der Waals surface area contributed by atoms with Crippen molar-refractivity contribution in [2.24, 2.45) is 7.05 Å². The average Bonchev–Trinajstić information content (AvgIpc) is 2.63. The largest absolute Gasteiger partial charge is 0.419 e. The Kier molecular flexibility index (Phi) is 3.28. The molecule has 1 aromatic carbocycles. The number of nitrogens with zero attached hydrogens (tertiary/aromatic N) is 1. The Balaban J connectivity index is 2.25. The molecule has 5 heteroatoms. The number of rotatable bonds is 4. The number of nitrogens with one attached hydrogen (secondary N) is 1. The average molecular weight is 250 g/mol. The summed E-state index contributed by atoms with van der Waals surface area (Å²) in [6, 6.07) is 5.62. The van der Waals surface area contributed by atoms with Crippen LogP contribution in [0.15, 0.2) is 27.4 Å². The molecular formula is C13H18N2O3. The number of aromatic nitrogens is 1. The molecule has 5 nitrogen and oxygen atoms in total. The first-order valence-corrected chi connectivity index (χ1v) is 5.87. The third kappa shape index (κ3) is 2.47. The second-order valence-corrected chi connectivity index (χ2v) is 5.12. The zero-order valence-corrected chi connectivity index (χ0v) is 10.9. The molecule has 0 spiro atoms. The highest BCUT2D eigenvalue weighted by Gasteiger charge is 2.15. The van der Waals surface area contributed by atoms with Crippen LogP contribution in [-0.2, 0) is 13.6 Å². The van der Waals surface area contributed by atoms with Crippen molar-refractivity contribution in [2.75, 3.05) is 6.61 Å². The fraction of sp³-hybridized carbons (Fsp3) is 0.462. The monoisotopic (exact) mass is 250 g/mol. The molecule has 0 atom stereocenters. The van der Waals surface area contributed by atoms with Gasteiger partial charge in [-0.1, -0.05) is 6.07 Å². The van der Waals surface area contributed by atoms with Crippen LogP contribution in [-0.4, -0.2) is 21.8 Å². The van der Waals surface area contributed by atoms with E-state index in [0.717, 1.165) is 11.1 Å². The van der Waals surface area contributed by atoms with Gasteiger partial charge in [-0.05, 0) is 31.5 Å². The van der Waals surface area contributed by atoms with Gasteiger partial charge in [0.1, 0.15) is 0 Å². The Bertz CT molecular complexity index is 610. The van der Waals surface area contributed by atoms with Crippen LogP contribution in [0.1, 0.15) is 19.4 Å². The van der Waals surface area contributed by atoms with Crippen LogP contribution in [0, 0.1) is 0 Å². The molecule has 0 saturated carbocycles. The molecule has 0 radical (unpaired) electrons. The molecule has 0 saturated heterocycles. The smallest absolute Gasteiger partial charge is 0.408 e. The van der Waals surface area contributed by atoms with Crippen molar-refractivity contribution in [3.05, 3.63) is 34.3 Å². The number of aliphatic hydroxyl groups excluding tert-OH is 1. The maximum absolute atomic E-state index is 11.4. The van der Waals surface area contributed by atoms with Crippen molar-refractivity contribution in [1.82, 2.24) is 9.88 Å². The van der Waals surface area contributed by atoms with Gasteiger partial charge >= 0.3 is 5.76 Å². The molecule has 98 valence electrons. The van der Waals surface area contributed by atoms with Gasteiger partial charge in [-0.15, -0.1) is 0 Å². The first-order chi connectivity index (χ1) is 8.43. The van der Waals surface area contributed by atoms with Crippen LogP contribution in [0.3, 0.4) is 0 Å². The van der Waals surface area contributed by atoms with E-state index >= 15 is 0 Å². The van der Waals surface area contributed by atoms with E-state index in [9.17, 15) is 4.79 Å². The zero-order valence-electron chi connectivity index (χ0n) is 10.9. The summed E-state index contributed by atoms with van der Waals surface area (Å²) in [7, 11) is 1.68. The first-order valence-electron chi connectivity index (χ1n) is 5.87. The van der Waals surface area contributed by atoms with Crippen molar-refractivity contribution in [3.63, 3.8) is 0 Å². The number of hydrogen-bond donors (Lipinski definition) is 2. The van der Waals surface area contributed by atoms with Gasteiger partial charge in [-0.3, -0.25) is 4.57 Å². The van der Waals surface area contributed by atoms with Crippen LogP contribution in [0.5, 0.6) is 0 Å². The van der Waals surface area contributed by atoms with Gasteiger partial charge in [0.15, 0.2) is 5.58 Å². The van der Waals surface area contributed by atoms with Gasteiger partial charge in [0.25, 0.3) is 0 Å². The first kappa shape index (κ1) is 12.9. The Morgan fingerprint density at radius 3 is 2.83 bits per heavy atom. The lowest BCUT2D eigenvalue weighted by Crippen LogP contribution is -2.42. The van der Waals surface area contributed by atoms with Gasteiger partial charge in [0.05, 0.1) is 12.1 Å². The molecule has 2 rings (SSSR count). The standard InChI is InChI=1S/C13H18N2O3/c1-13(2,8-16)14-7-9-4-5-11-10(6-9)15(3)12(17)18-11/h4-6,14,16H,7-8H2,1-3H3. The van der Waals surface area contributed by atoms with Gasteiger partial charge in [-0.2, -0.15) is 0 Å². The number of fused-ring (bicyclic) bond motifs is 1. The molecule has 1 heterocycles. The highest BCUT2D eigenvalue weighted by Crippen LogP contribution is 2.14. The third-order valence-corrected chi connectivity index (χ3v) is 3.02. The van der Waals surface area contributed by atoms with E-state index in [2.05, 4.69) is 5.32 Å². The zero-order chi connectivity index (χ0) is 13.3. The minimum Gasteiger partial charge on any atom is -0.408 e. The molecule has 0 amide bonds. The third-order valence-electron chi connectivity index (χ3n) is 3.02. The summed E-state index contributed by atoms with van der Waals surface area (Å²) >= 11 is 0. The topological polar surface area (TPSA) is 67.4 Å². The Morgan fingerprint density at radius 2 is 2.17 bits per heavy atom. The van der Waals surface area contributed by atoms with Crippen molar-refractivity contribution in [3.8, 4) is 0 Å². The summed E-state index contributed by atoms with van der Waals surface area (Å²) in [5, 5.41) is 12.4. The second-order valence-electron chi connectivity index (χ2n) is 5.12. The number of aliphatic hydroxyl groups is 1. The summed E-state index contributed by atoms with van der Waals surface area (Å²) < 4.78 is 6.55. The number of benzene rings is 1. The van der Waals surface area contributed by atoms with E-state index in [1.165, 1.54) is 4.57 Å². The molecule has 0 unspecified atom stereocenters. The van der Waals surface area contributed by atoms with Gasteiger partial charge < -0.3 is 14.8 Å². The van der Waals surface area contributed by atoms with E-state index < -0.39 is 0 Å². The molecule has 0 aliphatic rings. The molecular weight excluding hydrogens is 232 g/mol. The second kappa shape index (κ2) is 4.59. The normalized spacial score (nSPS) is 12.2. The molecule has 1 aromatic heterocycles. The van der Waals surface area contributed by atoms with E-state index in [0.29, 0.717) is 12.1 Å². The molecule has 0 aliphatic carbocycles. The van der Waals surface area contributed by atoms with Gasteiger partial charge in [-0.25, -0.2) is 4.79 Å². The molecule has 2 aromatic rings. The highest BCUT2D eigenvalue weighted by molar-refractivity contribution is 5.73. The molecule has 2 N–H and O–H groups in total. The number of oxazole rings is 1. The highest BCUT2D eigenvalue weighted by atomic mass is 16.4.